The fourth-order valence-corrected chi connectivity index (χ4v) is 5.39. The van der Waals surface area contributed by atoms with Crippen molar-refractivity contribution in [2.45, 2.75) is 51.7 Å². The molecule has 4 rings (SSSR count). The average Bonchev–Trinajstić information content (AvgIpc) is 2.90. The molecule has 1 saturated carbocycles. The van der Waals surface area contributed by atoms with E-state index in [0.717, 1.165) is 42.4 Å². The van der Waals surface area contributed by atoms with E-state index in [0.29, 0.717) is 17.9 Å². The molecule has 1 fully saturated rings. The third kappa shape index (κ3) is 8.04. The molecule has 0 aliphatic heterocycles. The molecule has 10 nitrogen and oxygen atoms in total. The van der Waals surface area contributed by atoms with Crippen molar-refractivity contribution in [3.05, 3.63) is 70.6 Å². The molecule has 2 aromatic carbocycles. The first kappa shape index (κ1) is 28.6. The first-order chi connectivity index (χ1) is 18.6. The van der Waals surface area contributed by atoms with E-state index in [1.54, 1.807) is 0 Å². The number of hydrogen-bond donors (Lipinski definition) is 2. The van der Waals surface area contributed by atoms with E-state index in [1.807, 2.05) is 61.5 Å². The highest BCUT2D eigenvalue weighted by Gasteiger charge is 2.26. The zero-order valence-electron chi connectivity index (χ0n) is 21.9. The Labute approximate surface area is 228 Å². The summed E-state index contributed by atoms with van der Waals surface area (Å²) in [6.07, 6.45) is 2.07. The van der Waals surface area contributed by atoms with Gasteiger partial charge in [0.15, 0.2) is 0 Å². The number of amides is 1. The second-order valence-electron chi connectivity index (χ2n) is 10.2. The van der Waals surface area contributed by atoms with Gasteiger partial charge in [-0.25, -0.2) is 9.48 Å². The number of hydrogen-bond acceptors (Lipinski definition) is 7. The number of ether oxygens (including phenoxy) is 1. The van der Waals surface area contributed by atoms with Crippen molar-refractivity contribution >= 4 is 16.0 Å². The van der Waals surface area contributed by atoms with E-state index < -0.39 is 33.6 Å². The lowest BCUT2D eigenvalue weighted by molar-refractivity contribution is -0.130. The molecule has 0 saturated heterocycles. The Morgan fingerprint density at radius 2 is 1.64 bits per heavy atom. The molecule has 11 heteroatoms. The molecule has 1 heterocycles. The molecule has 208 valence electrons. The van der Waals surface area contributed by atoms with E-state index in [9.17, 15) is 18.0 Å². The van der Waals surface area contributed by atoms with Gasteiger partial charge in [0.05, 0.1) is 12.4 Å². The number of aromatic nitrogens is 3. The maximum Gasteiger partial charge on any atom is 0.364 e. The molecule has 3 aromatic rings. The number of carbonyl (C=O) groups excluding carboxylic acids is 1. The predicted molar refractivity (Wildman–Crippen MR) is 147 cm³/mol. The number of nitrogens with zero attached hydrogens (tertiary/aromatic N) is 3. The molecule has 0 radical (unpaired) electrons. The summed E-state index contributed by atoms with van der Waals surface area (Å²) in [7, 11) is -4.20. The van der Waals surface area contributed by atoms with Gasteiger partial charge in [-0.3, -0.25) is 9.35 Å². The lowest BCUT2D eigenvalue weighted by atomic mass is 9.82. The van der Waals surface area contributed by atoms with Crippen LogP contribution in [0.25, 0.3) is 22.5 Å². The van der Waals surface area contributed by atoms with Gasteiger partial charge >= 0.3 is 5.69 Å². The van der Waals surface area contributed by atoms with Crippen molar-refractivity contribution in [3.63, 3.8) is 0 Å². The van der Waals surface area contributed by atoms with E-state index in [2.05, 4.69) is 4.98 Å². The number of primary amides is 1. The maximum absolute atomic E-state index is 13.0. The average molecular weight is 555 g/mol. The summed E-state index contributed by atoms with van der Waals surface area (Å²) >= 11 is 0. The van der Waals surface area contributed by atoms with Crippen LogP contribution in [0.5, 0.6) is 0 Å². The number of aryl methyl sites for hydroxylation is 1. The Kier molecular flexibility index (Phi) is 9.26. The molecular formula is C28H34N4O6S. The summed E-state index contributed by atoms with van der Waals surface area (Å²) in [5.74, 6) is -0.932. The molecule has 1 amide bonds. The third-order valence-electron chi connectivity index (χ3n) is 7.13. The number of nitrogens with two attached hydrogens (primary N) is 1. The van der Waals surface area contributed by atoms with Crippen LogP contribution in [0.1, 0.15) is 37.7 Å². The fourth-order valence-electron chi connectivity index (χ4n) is 4.88. The van der Waals surface area contributed by atoms with E-state index in [4.69, 9.17) is 20.1 Å². The highest BCUT2D eigenvalue weighted by molar-refractivity contribution is 7.85. The molecule has 0 bridgehead atoms. The topological polar surface area (TPSA) is 154 Å². The van der Waals surface area contributed by atoms with Gasteiger partial charge in [-0.2, -0.15) is 18.5 Å². The van der Waals surface area contributed by atoms with Gasteiger partial charge in [0.25, 0.3) is 10.1 Å². The second kappa shape index (κ2) is 12.6. The van der Waals surface area contributed by atoms with E-state index in [1.165, 1.54) is 4.68 Å². The van der Waals surface area contributed by atoms with Crippen molar-refractivity contribution in [1.29, 1.82) is 0 Å². The lowest BCUT2D eigenvalue weighted by Gasteiger charge is -2.29. The highest BCUT2D eigenvalue weighted by atomic mass is 32.2. The van der Waals surface area contributed by atoms with Gasteiger partial charge in [0.2, 0.25) is 5.91 Å². The summed E-state index contributed by atoms with van der Waals surface area (Å²) in [5.41, 5.74) is 9.00. The highest BCUT2D eigenvalue weighted by Crippen LogP contribution is 2.31. The first-order valence-electron chi connectivity index (χ1n) is 13.1. The van der Waals surface area contributed by atoms with Crippen LogP contribution in [0.2, 0.25) is 0 Å². The van der Waals surface area contributed by atoms with Crippen molar-refractivity contribution < 1.29 is 22.5 Å². The Balaban J connectivity index is 1.43. The normalized spacial score (nSPS) is 18.5. The van der Waals surface area contributed by atoms with Crippen LogP contribution in [0.4, 0.5) is 0 Å². The van der Waals surface area contributed by atoms with Crippen LogP contribution in [0, 0.1) is 18.8 Å². The van der Waals surface area contributed by atoms with Gasteiger partial charge in [-0.1, -0.05) is 60.2 Å². The Hall–Kier alpha value is -3.41. The lowest BCUT2D eigenvalue weighted by Crippen LogP contribution is -2.35. The molecule has 3 N–H and O–H groups in total. The minimum atomic E-state index is -4.20. The molecule has 39 heavy (non-hydrogen) atoms. The second-order valence-corrected chi connectivity index (χ2v) is 11.8. The molecule has 1 unspecified atom stereocenters. The van der Waals surface area contributed by atoms with E-state index in [-0.39, 0.29) is 24.9 Å². The van der Waals surface area contributed by atoms with Gasteiger partial charge in [0.1, 0.15) is 17.5 Å². The predicted octanol–water partition coefficient (Wildman–Crippen LogP) is 3.24. The van der Waals surface area contributed by atoms with Gasteiger partial charge in [-0.05, 0) is 50.9 Å². The summed E-state index contributed by atoms with van der Waals surface area (Å²) in [4.78, 5) is 29.1. The molecular weight excluding hydrogens is 520 g/mol. The van der Waals surface area contributed by atoms with Crippen LogP contribution < -0.4 is 11.4 Å². The SMILES string of the molecule is Cc1ccc(-c2nn(CC3CCC(COC(CCS(=O)(=O)O)C(N)=O)CC3)c(=O)nc2-c2ccccc2)cc1. The molecule has 1 aliphatic rings. The van der Waals surface area contributed by atoms with Crippen molar-refractivity contribution in [1.82, 2.24) is 14.8 Å². The number of rotatable bonds is 11. The first-order valence-corrected chi connectivity index (χ1v) is 14.7. The van der Waals surface area contributed by atoms with Crippen molar-refractivity contribution in [2.75, 3.05) is 12.4 Å². The van der Waals surface area contributed by atoms with Crippen LogP contribution in [0.3, 0.4) is 0 Å². The molecule has 0 spiro atoms. The zero-order valence-corrected chi connectivity index (χ0v) is 22.7. The van der Waals surface area contributed by atoms with Crippen LogP contribution >= 0.6 is 0 Å². The van der Waals surface area contributed by atoms with Crippen molar-refractivity contribution in [3.8, 4) is 22.5 Å². The van der Waals surface area contributed by atoms with E-state index >= 15 is 0 Å². The van der Waals surface area contributed by atoms with Crippen LogP contribution in [-0.4, -0.2) is 52.1 Å². The van der Waals surface area contributed by atoms with Gasteiger partial charge in [0, 0.05) is 17.7 Å². The molecule has 1 aliphatic carbocycles. The monoisotopic (exact) mass is 554 g/mol. The van der Waals surface area contributed by atoms with Crippen LogP contribution in [0.15, 0.2) is 59.4 Å². The Morgan fingerprint density at radius 1 is 1.03 bits per heavy atom. The molecule has 1 aromatic heterocycles. The summed E-state index contributed by atoms with van der Waals surface area (Å²) in [6, 6.07) is 17.6. The number of carbonyl (C=O) groups is 1. The van der Waals surface area contributed by atoms with Crippen LogP contribution in [-0.2, 0) is 26.2 Å². The van der Waals surface area contributed by atoms with Gasteiger partial charge in [-0.15, -0.1) is 0 Å². The largest absolute Gasteiger partial charge is 0.368 e. The minimum Gasteiger partial charge on any atom is -0.368 e. The summed E-state index contributed by atoms with van der Waals surface area (Å²) < 4.78 is 38.0. The standard InChI is InChI=1S/C28H34N4O6S/c1-19-7-13-23(14-8-19)26-25(22-5-3-2-4-6-22)30-28(34)32(31-26)17-20-9-11-21(12-10-20)18-38-24(27(29)33)15-16-39(35,36)37/h2-8,13-14,20-21,24H,9-12,15-18H2,1H3,(H2,29,33)(H,35,36,37). The number of benzene rings is 2. The van der Waals surface area contributed by atoms with Crippen molar-refractivity contribution in [2.24, 2.45) is 17.6 Å². The zero-order chi connectivity index (χ0) is 28.0. The minimum absolute atomic E-state index is 0.181. The summed E-state index contributed by atoms with van der Waals surface area (Å²) in [5, 5.41) is 4.78. The fraction of sp³-hybridized carbons (Fsp3) is 0.429. The quantitative estimate of drug-likeness (QED) is 0.342. The Bertz CT molecular complexity index is 1430. The third-order valence-corrected chi connectivity index (χ3v) is 7.88. The molecule has 1 atom stereocenters. The summed E-state index contributed by atoms with van der Waals surface area (Å²) in [6.45, 7) is 2.74. The smallest absolute Gasteiger partial charge is 0.364 e. The Morgan fingerprint density at radius 3 is 2.26 bits per heavy atom. The van der Waals surface area contributed by atoms with Gasteiger partial charge < -0.3 is 10.5 Å². The maximum atomic E-state index is 13.0.